The molecular formula is C29H35N3O6S. The number of hydrogen-bond acceptors (Lipinski definition) is 6. The fourth-order valence-electron chi connectivity index (χ4n) is 4.14. The number of aryl methyl sites for hydroxylation is 1. The highest BCUT2D eigenvalue weighted by Crippen LogP contribution is 2.36. The Morgan fingerprint density at radius 1 is 0.949 bits per heavy atom. The van der Waals surface area contributed by atoms with Crippen molar-refractivity contribution < 1.29 is 27.5 Å². The maximum atomic E-state index is 14.0. The topological polar surface area (TPSA) is 105 Å². The highest BCUT2D eigenvalue weighted by Gasteiger charge is 2.34. The Hall–Kier alpha value is -4.05. The minimum atomic E-state index is -4.23. The van der Waals surface area contributed by atoms with Gasteiger partial charge in [0.15, 0.2) is 0 Å². The van der Waals surface area contributed by atoms with Crippen molar-refractivity contribution in [1.82, 2.24) is 10.2 Å². The predicted octanol–water partition coefficient (Wildman–Crippen LogP) is 3.76. The van der Waals surface area contributed by atoms with Crippen molar-refractivity contribution in [2.45, 2.75) is 38.3 Å². The number of rotatable bonds is 12. The number of methoxy groups -OCH3 is 2. The van der Waals surface area contributed by atoms with E-state index in [1.165, 1.54) is 37.3 Å². The fraction of sp³-hybridized carbons (Fsp3) is 0.310. The van der Waals surface area contributed by atoms with Gasteiger partial charge >= 0.3 is 0 Å². The van der Waals surface area contributed by atoms with E-state index in [2.05, 4.69) is 5.32 Å². The Morgan fingerprint density at radius 3 is 2.28 bits per heavy atom. The Balaban J connectivity index is 2.11. The quantitative estimate of drug-likeness (QED) is 0.366. The first-order valence-corrected chi connectivity index (χ1v) is 14.0. The van der Waals surface area contributed by atoms with Gasteiger partial charge in [0, 0.05) is 19.2 Å². The third-order valence-corrected chi connectivity index (χ3v) is 7.99. The number of carbonyl (C=O) groups excluding carboxylic acids is 2. The number of ether oxygens (including phenoxy) is 2. The number of nitrogens with zero attached hydrogens (tertiary/aromatic N) is 2. The number of anilines is 1. The summed E-state index contributed by atoms with van der Waals surface area (Å²) in [6, 6.07) is 19.3. The smallest absolute Gasteiger partial charge is 0.264 e. The Labute approximate surface area is 230 Å². The van der Waals surface area contributed by atoms with Crippen LogP contribution in [0.5, 0.6) is 11.5 Å². The molecule has 3 rings (SSSR count). The zero-order chi connectivity index (χ0) is 28.6. The van der Waals surface area contributed by atoms with Crippen LogP contribution >= 0.6 is 0 Å². The standard InChI is InChI=1S/C29H35N3O6S/c1-6-30-29(34)22(3)31(19-23-12-10-11-21(2)17-23)28(33)20-32(39(35,36)25-13-8-7-9-14-25)26-18-24(37-4)15-16-27(26)38-5/h7-18,22H,6,19-20H2,1-5H3,(H,30,34)/t22-/m1/s1. The lowest BCUT2D eigenvalue weighted by molar-refractivity contribution is -0.139. The van der Waals surface area contributed by atoms with Crippen LogP contribution < -0.4 is 19.1 Å². The first-order chi connectivity index (χ1) is 18.6. The lowest BCUT2D eigenvalue weighted by Crippen LogP contribution is -2.51. The minimum absolute atomic E-state index is 0.00433. The average molecular weight is 554 g/mol. The molecule has 9 nitrogen and oxygen atoms in total. The molecular weight excluding hydrogens is 518 g/mol. The molecule has 0 fully saturated rings. The van der Waals surface area contributed by atoms with Gasteiger partial charge in [0.1, 0.15) is 24.1 Å². The van der Waals surface area contributed by atoms with Crippen molar-refractivity contribution in [3.05, 3.63) is 83.9 Å². The van der Waals surface area contributed by atoms with Gasteiger partial charge in [-0.05, 0) is 50.6 Å². The maximum absolute atomic E-state index is 14.0. The van der Waals surface area contributed by atoms with Gasteiger partial charge in [0.2, 0.25) is 11.8 Å². The van der Waals surface area contributed by atoms with Crippen LogP contribution in [0.4, 0.5) is 5.69 Å². The monoisotopic (exact) mass is 553 g/mol. The molecule has 0 heterocycles. The second-order valence-corrected chi connectivity index (χ2v) is 10.8. The van der Waals surface area contributed by atoms with E-state index in [4.69, 9.17) is 9.47 Å². The van der Waals surface area contributed by atoms with Gasteiger partial charge in [0.25, 0.3) is 10.0 Å². The molecule has 0 bridgehead atoms. The highest BCUT2D eigenvalue weighted by molar-refractivity contribution is 7.92. The summed E-state index contributed by atoms with van der Waals surface area (Å²) < 4.78 is 39.7. The number of likely N-dealkylation sites (N-methyl/N-ethyl adjacent to an activating group) is 1. The lowest BCUT2D eigenvalue weighted by atomic mass is 10.1. The molecule has 0 aromatic heterocycles. The lowest BCUT2D eigenvalue weighted by Gasteiger charge is -2.32. The largest absolute Gasteiger partial charge is 0.497 e. The number of nitrogens with one attached hydrogen (secondary N) is 1. The van der Waals surface area contributed by atoms with Crippen LogP contribution in [-0.4, -0.2) is 58.5 Å². The summed E-state index contributed by atoms with van der Waals surface area (Å²) in [6.45, 7) is 5.29. The Bertz CT molecular complexity index is 1400. The van der Waals surface area contributed by atoms with E-state index in [1.54, 1.807) is 44.2 Å². The molecule has 0 saturated carbocycles. The van der Waals surface area contributed by atoms with E-state index in [0.717, 1.165) is 15.4 Å². The van der Waals surface area contributed by atoms with E-state index in [1.807, 2.05) is 31.2 Å². The van der Waals surface area contributed by atoms with E-state index in [0.29, 0.717) is 12.3 Å². The maximum Gasteiger partial charge on any atom is 0.264 e. The minimum Gasteiger partial charge on any atom is -0.497 e. The molecule has 10 heteroatoms. The zero-order valence-corrected chi connectivity index (χ0v) is 23.7. The molecule has 0 radical (unpaired) electrons. The molecule has 0 aliphatic rings. The number of sulfonamides is 1. The summed E-state index contributed by atoms with van der Waals surface area (Å²) >= 11 is 0. The second-order valence-electron chi connectivity index (χ2n) is 8.94. The van der Waals surface area contributed by atoms with Gasteiger partial charge in [-0.2, -0.15) is 0 Å². The van der Waals surface area contributed by atoms with Crippen LogP contribution in [0.1, 0.15) is 25.0 Å². The second kappa shape index (κ2) is 13.1. The number of benzene rings is 3. The molecule has 1 N–H and O–H groups in total. The van der Waals surface area contributed by atoms with E-state index in [9.17, 15) is 18.0 Å². The molecule has 0 aliphatic heterocycles. The molecule has 2 amide bonds. The van der Waals surface area contributed by atoms with Gasteiger partial charge in [-0.3, -0.25) is 13.9 Å². The first kappa shape index (κ1) is 29.5. The molecule has 0 spiro atoms. The Kier molecular flexibility index (Phi) is 9.95. The third kappa shape index (κ3) is 7.08. The van der Waals surface area contributed by atoms with Crippen molar-refractivity contribution in [2.75, 3.05) is 31.6 Å². The van der Waals surface area contributed by atoms with Crippen LogP contribution in [0.3, 0.4) is 0 Å². The van der Waals surface area contributed by atoms with Gasteiger partial charge < -0.3 is 19.7 Å². The molecule has 0 saturated heterocycles. The summed E-state index contributed by atoms with van der Waals surface area (Å²) in [7, 11) is -1.35. The van der Waals surface area contributed by atoms with Crippen molar-refractivity contribution in [1.29, 1.82) is 0 Å². The summed E-state index contributed by atoms with van der Waals surface area (Å²) in [4.78, 5) is 28.2. The van der Waals surface area contributed by atoms with Crippen molar-refractivity contribution in [2.24, 2.45) is 0 Å². The van der Waals surface area contributed by atoms with Gasteiger partial charge in [-0.25, -0.2) is 8.42 Å². The molecule has 208 valence electrons. The third-order valence-electron chi connectivity index (χ3n) is 6.22. The normalized spacial score (nSPS) is 11.8. The summed E-state index contributed by atoms with van der Waals surface area (Å²) in [6.07, 6.45) is 0. The molecule has 1 atom stereocenters. The van der Waals surface area contributed by atoms with Gasteiger partial charge in [-0.15, -0.1) is 0 Å². The van der Waals surface area contributed by atoms with Crippen LogP contribution in [0.2, 0.25) is 0 Å². The van der Waals surface area contributed by atoms with Crippen molar-refractivity contribution in [3.8, 4) is 11.5 Å². The van der Waals surface area contributed by atoms with Crippen LogP contribution in [-0.2, 0) is 26.2 Å². The van der Waals surface area contributed by atoms with E-state index < -0.39 is 28.5 Å². The summed E-state index contributed by atoms with van der Waals surface area (Å²) in [5, 5.41) is 2.75. The van der Waals surface area contributed by atoms with Crippen molar-refractivity contribution >= 4 is 27.5 Å². The molecule has 0 aliphatic carbocycles. The zero-order valence-electron chi connectivity index (χ0n) is 22.9. The van der Waals surface area contributed by atoms with Crippen LogP contribution in [0.15, 0.2) is 77.7 Å². The van der Waals surface area contributed by atoms with Gasteiger partial charge in [-0.1, -0.05) is 48.0 Å². The molecule has 0 unspecified atom stereocenters. The van der Waals surface area contributed by atoms with E-state index >= 15 is 0 Å². The fourth-order valence-corrected chi connectivity index (χ4v) is 5.57. The highest BCUT2D eigenvalue weighted by atomic mass is 32.2. The molecule has 39 heavy (non-hydrogen) atoms. The first-order valence-electron chi connectivity index (χ1n) is 12.5. The van der Waals surface area contributed by atoms with Crippen LogP contribution in [0, 0.1) is 6.92 Å². The number of hydrogen-bond donors (Lipinski definition) is 1. The van der Waals surface area contributed by atoms with Crippen LogP contribution in [0.25, 0.3) is 0 Å². The SMILES string of the molecule is CCNC(=O)[C@@H](C)N(Cc1cccc(C)c1)C(=O)CN(c1cc(OC)ccc1OC)S(=O)(=O)c1ccccc1. The Morgan fingerprint density at radius 2 is 1.67 bits per heavy atom. The summed E-state index contributed by atoms with van der Waals surface area (Å²) in [5.74, 6) is -0.265. The molecule has 3 aromatic rings. The number of amides is 2. The van der Waals surface area contributed by atoms with Crippen molar-refractivity contribution in [3.63, 3.8) is 0 Å². The summed E-state index contributed by atoms with van der Waals surface area (Å²) in [5.41, 5.74) is 1.95. The predicted molar refractivity (Wildman–Crippen MR) is 150 cm³/mol. The van der Waals surface area contributed by atoms with Gasteiger partial charge in [0.05, 0.1) is 24.8 Å². The van der Waals surface area contributed by atoms with E-state index in [-0.39, 0.29) is 28.8 Å². The number of carbonyl (C=O) groups is 2. The molecule has 3 aromatic carbocycles. The average Bonchev–Trinajstić information content (AvgIpc) is 2.94.